The van der Waals surface area contributed by atoms with Gasteiger partial charge >= 0.3 is 0 Å². The first-order valence-corrected chi connectivity index (χ1v) is 8.77. The summed E-state index contributed by atoms with van der Waals surface area (Å²) >= 11 is 1.51. The number of anilines is 2. The lowest BCUT2D eigenvalue weighted by Crippen LogP contribution is -2.35. The quantitative estimate of drug-likeness (QED) is 0.897. The highest BCUT2D eigenvalue weighted by molar-refractivity contribution is 7.18. The normalized spacial score (nSPS) is 20.2. The minimum Gasteiger partial charge on any atom is -0.397 e. The molecule has 1 aliphatic heterocycles. The van der Waals surface area contributed by atoms with E-state index in [0.29, 0.717) is 16.5 Å². The number of hydrogen-bond acceptors (Lipinski definition) is 4. The van der Waals surface area contributed by atoms with Crippen molar-refractivity contribution in [2.45, 2.75) is 45.4 Å². The van der Waals surface area contributed by atoms with E-state index < -0.39 is 0 Å². The average Bonchev–Trinajstić information content (AvgIpc) is 3.22. The summed E-state index contributed by atoms with van der Waals surface area (Å²) in [5.74, 6) is 1.73. The third-order valence-electron chi connectivity index (χ3n) is 4.94. The maximum absolute atomic E-state index is 11.6. The van der Waals surface area contributed by atoms with E-state index in [2.05, 4.69) is 18.7 Å². The number of carbonyl (C=O) groups is 1. The standard InChI is InChI=1S/C16H25N3OS/c1-9(2)10-5-7-19(8-6-10)16-12(11-3-4-11)13(17)14(21-16)15(18)20/h9-11H,3-8,17H2,1-2H3,(H2,18,20). The van der Waals surface area contributed by atoms with Gasteiger partial charge in [-0.25, -0.2) is 0 Å². The lowest BCUT2D eigenvalue weighted by Gasteiger charge is -2.35. The van der Waals surface area contributed by atoms with Crippen LogP contribution in [0.25, 0.3) is 0 Å². The SMILES string of the molecule is CC(C)C1CCN(c2sc(C(N)=O)c(N)c2C2CC2)CC1. The van der Waals surface area contributed by atoms with Crippen LogP contribution < -0.4 is 16.4 Å². The van der Waals surface area contributed by atoms with Crippen molar-refractivity contribution < 1.29 is 4.79 Å². The first kappa shape index (κ1) is 14.7. The number of nitrogens with zero attached hydrogens (tertiary/aromatic N) is 1. The third-order valence-corrected chi connectivity index (χ3v) is 6.24. The molecule has 1 aromatic rings. The van der Waals surface area contributed by atoms with E-state index in [4.69, 9.17) is 11.5 Å². The minimum absolute atomic E-state index is 0.386. The third kappa shape index (κ3) is 2.76. The molecular weight excluding hydrogens is 282 g/mol. The zero-order chi connectivity index (χ0) is 15.1. The second-order valence-corrected chi connectivity index (χ2v) is 7.77. The molecule has 0 spiro atoms. The molecule has 4 N–H and O–H groups in total. The van der Waals surface area contributed by atoms with Crippen LogP contribution in [-0.4, -0.2) is 19.0 Å². The lowest BCUT2D eigenvalue weighted by molar-refractivity contribution is 0.100. The summed E-state index contributed by atoms with van der Waals surface area (Å²) in [7, 11) is 0. The molecule has 2 fully saturated rings. The van der Waals surface area contributed by atoms with Crippen molar-refractivity contribution in [3.05, 3.63) is 10.4 Å². The van der Waals surface area contributed by atoms with Crippen LogP contribution in [0.5, 0.6) is 0 Å². The van der Waals surface area contributed by atoms with Crippen LogP contribution >= 0.6 is 11.3 Å². The fourth-order valence-corrected chi connectivity index (χ4v) is 4.61. The van der Waals surface area contributed by atoms with Crippen LogP contribution in [0, 0.1) is 11.8 Å². The molecule has 0 unspecified atom stereocenters. The zero-order valence-electron chi connectivity index (χ0n) is 12.9. The average molecular weight is 307 g/mol. The summed E-state index contributed by atoms with van der Waals surface area (Å²) < 4.78 is 0. The van der Waals surface area contributed by atoms with Crippen LogP contribution in [0.1, 0.15) is 60.7 Å². The molecule has 0 atom stereocenters. The molecule has 0 radical (unpaired) electrons. The van der Waals surface area contributed by atoms with Crippen LogP contribution in [0.2, 0.25) is 0 Å². The van der Waals surface area contributed by atoms with E-state index in [1.165, 1.54) is 47.6 Å². The number of primary amides is 1. The molecule has 0 bridgehead atoms. The van der Waals surface area contributed by atoms with Gasteiger partial charge in [0.25, 0.3) is 5.91 Å². The Morgan fingerprint density at radius 2 is 1.86 bits per heavy atom. The van der Waals surface area contributed by atoms with Crippen molar-refractivity contribution in [1.82, 2.24) is 0 Å². The molecule has 1 aliphatic carbocycles. The summed E-state index contributed by atoms with van der Waals surface area (Å²) in [5, 5.41) is 1.21. The number of rotatable bonds is 4. The highest BCUT2D eigenvalue weighted by Crippen LogP contribution is 2.52. The number of piperidine rings is 1. The molecule has 3 rings (SSSR count). The topological polar surface area (TPSA) is 72.3 Å². The Kier molecular flexibility index (Phi) is 3.86. The Morgan fingerprint density at radius 1 is 1.24 bits per heavy atom. The van der Waals surface area contributed by atoms with Gasteiger partial charge in [0.2, 0.25) is 0 Å². The molecule has 2 heterocycles. The van der Waals surface area contributed by atoms with E-state index in [1.807, 2.05) is 0 Å². The zero-order valence-corrected chi connectivity index (χ0v) is 13.7. The van der Waals surface area contributed by atoms with Gasteiger partial charge in [0.05, 0.1) is 10.7 Å². The molecule has 1 aromatic heterocycles. The fraction of sp³-hybridized carbons (Fsp3) is 0.688. The van der Waals surface area contributed by atoms with Crippen molar-refractivity contribution in [3.63, 3.8) is 0 Å². The van der Waals surface area contributed by atoms with Gasteiger partial charge < -0.3 is 16.4 Å². The number of hydrogen-bond donors (Lipinski definition) is 2. The molecule has 0 aromatic carbocycles. The number of carbonyl (C=O) groups excluding carboxylic acids is 1. The van der Waals surface area contributed by atoms with Gasteiger partial charge in [0.15, 0.2) is 0 Å². The Bertz CT molecular complexity index is 540. The van der Waals surface area contributed by atoms with E-state index in [-0.39, 0.29) is 5.91 Å². The number of nitrogens with two attached hydrogens (primary N) is 2. The second-order valence-electron chi connectivity index (χ2n) is 6.77. The second kappa shape index (κ2) is 5.52. The molecular formula is C16H25N3OS. The van der Waals surface area contributed by atoms with E-state index in [0.717, 1.165) is 24.9 Å². The van der Waals surface area contributed by atoms with Crippen molar-refractivity contribution in [3.8, 4) is 0 Å². The van der Waals surface area contributed by atoms with Crippen molar-refractivity contribution in [1.29, 1.82) is 0 Å². The van der Waals surface area contributed by atoms with Crippen molar-refractivity contribution >= 4 is 27.9 Å². The van der Waals surface area contributed by atoms with Gasteiger partial charge in [-0.2, -0.15) is 0 Å². The van der Waals surface area contributed by atoms with Gasteiger partial charge in [-0.05, 0) is 43.4 Å². The van der Waals surface area contributed by atoms with Crippen LogP contribution in [0.15, 0.2) is 0 Å². The molecule has 4 nitrogen and oxygen atoms in total. The predicted molar refractivity (Wildman–Crippen MR) is 89.0 cm³/mol. The summed E-state index contributed by atoms with van der Waals surface area (Å²) in [6.07, 6.45) is 4.83. The fourth-order valence-electron chi connectivity index (χ4n) is 3.40. The summed E-state index contributed by atoms with van der Waals surface area (Å²) in [6, 6.07) is 0. The van der Waals surface area contributed by atoms with Gasteiger partial charge in [-0.1, -0.05) is 13.8 Å². The predicted octanol–water partition coefficient (Wildman–Crippen LogP) is 3.18. The molecule has 5 heteroatoms. The highest BCUT2D eigenvalue weighted by Gasteiger charge is 2.35. The number of amides is 1. The number of thiophene rings is 1. The molecule has 1 amide bonds. The molecule has 2 aliphatic rings. The Hall–Kier alpha value is -1.23. The molecule has 116 valence electrons. The first-order chi connectivity index (χ1) is 9.99. The van der Waals surface area contributed by atoms with E-state index in [1.54, 1.807) is 0 Å². The highest BCUT2D eigenvalue weighted by atomic mass is 32.1. The number of nitrogen functional groups attached to an aromatic ring is 1. The molecule has 1 saturated carbocycles. The molecule has 1 saturated heterocycles. The van der Waals surface area contributed by atoms with Crippen molar-refractivity contribution in [2.75, 3.05) is 23.7 Å². The largest absolute Gasteiger partial charge is 0.397 e. The maximum atomic E-state index is 11.6. The Morgan fingerprint density at radius 3 is 2.33 bits per heavy atom. The minimum atomic E-state index is -0.386. The van der Waals surface area contributed by atoms with E-state index in [9.17, 15) is 4.79 Å². The first-order valence-electron chi connectivity index (χ1n) is 7.96. The Balaban J connectivity index is 1.85. The smallest absolute Gasteiger partial charge is 0.260 e. The van der Waals surface area contributed by atoms with Gasteiger partial charge in [-0.15, -0.1) is 11.3 Å². The van der Waals surface area contributed by atoms with Gasteiger partial charge in [0, 0.05) is 18.7 Å². The van der Waals surface area contributed by atoms with Crippen LogP contribution in [-0.2, 0) is 0 Å². The Labute approximate surface area is 130 Å². The van der Waals surface area contributed by atoms with E-state index >= 15 is 0 Å². The molecule has 21 heavy (non-hydrogen) atoms. The van der Waals surface area contributed by atoms with Crippen LogP contribution in [0.3, 0.4) is 0 Å². The monoisotopic (exact) mass is 307 g/mol. The van der Waals surface area contributed by atoms with Crippen molar-refractivity contribution in [2.24, 2.45) is 17.6 Å². The maximum Gasteiger partial charge on any atom is 0.260 e. The summed E-state index contributed by atoms with van der Waals surface area (Å²) in [5.41, 5.74) is 13.5. The van der Waals surface area contributed by atoms with Gasteiger partial charge in [0.1, 0.15) is 4.88 Å². The van der Waals surface area contributed by atoms with Crippen LogP contribution in [0.4, 0.5) is 10.7 Å². The summed E-state index contributed by atoms with van der Waals surface area (Å²) in [6.45, 7) is 6.76. The summed E-state index contributed by atoms with van der Waals surface area (Å²) in [4.78, 5) is 14.6. The van der Waals surface area contributed by atoms with Gasteiger partial charge in [-0.3, -0.25) is 4.79 Å². The lowest BCUT2D eigenvalue weighted by atomic mass is 9.87.